The number of aromatic nitrogens is 2. The number of hydrogen-bond donors (Lipinski definition) is 1. The van der Waals surface area contributed by atoms with E-state index in [1.165, 1.54) is 11.3 Å². The molecule has 148 valence electrons. The molecule has 5 rings (SSSR count). The summed E-state index contributed by atoms with van der Waals surface area (Å²) in [4.78, 5) is 31.9. The van der Waals surface area contributed by atoms with Crippen LogP contribution in [0.15, 0.2) is 40.2 Å². The first kappa shape index (κ1) is 17.7. The lowest BCUT2D eigenvalue weighted by atomic mass is 9.91. The van der Waals surface area contributed by atoms with Crippen LogP contribution in [0.4, 0.5) is 4.79 Å². The molecule has 1 fully saturated rings. The van der Waals surface area contributed by atoms with Crippen molar-refractivity contribution in [3.8, 4) is 22.2 Å². The molecule has 0 bridgehead atoms. The summed E-state index contributed by atoms with van der Waals surface area (Å²) in [5.41, 5.74) is -0.629. The van der Waals surface area contributed by atoms with E-state index in [2.05, 4.69) is 15.5 Å². The number of imide groups is 1. The topological polar surface area (TPSA) is 107 Å². The van der Waals surface area contributed by atoms with Gasteiger partial charge in [0.15, 0.2) is 11.5 Å². The highest BCUT2D eigenvalue weighted by Gasteiger charge is 2.49. The van der Waals surface area contributed by atoms with E-state index in [-0.39, 0.29) is 12.4 Å². The largest absolute Gasteiger partial charge is 0.486 e. The summed E-state index contributed by atoms with van der Waals surface area (Å²) in [7, 11) is 0. The third-order valence-corrected chi connectivity index (χ3v) is 5.76. The molecule has 0 spiro atoms. The van der Waals surface area contributed by atoms with Gasteiger partial charge in [-0.15, -0.1) is 11.3 Å². The highest BCUT2D eigenvalue weighted by molar-refractivity contribution is 7.13. The van der Waals surface area contributed by atoms with Gasteiger partial charge in [-0.25, -0.2) is 4.79 Å². The third-order valence-electron chi connectivity index (χ3n) is 4.90. The number of nitrogens with one attached hydrogen (secondary N) is 1. The van der Waals surface area contributed by atoms with Crippen LogP contribution in [0.5, 0.6) is 11.5 Å². The minimum atomic E-state index is -1.23. The lowest BCUT2D eigenvalue weighted by Crippen LogP contribution is -2.41. The molecule has 2 aliphatic rings. The number of ether oxygens (including phenoxy) is 2. The minimum Gasteiger partial charge on any atom is -0.486 e. The number of nitrogens with zero attached hydrogens (tertiary/aromatic N) is 3. The van der Waals surface area contributed by atoms with Crippen LogP contribution < -0.4 is 14.8 Å². The van der Waals surface area contributed by atoms with Crippen LogP contribution in [0.1, 0.15) is 18.4 Å². The Morgan fingerprint density at radius 3 is 2.83 bits per heavy atom. The molecule has 3 amide bonds. The van der Waals surface area contributed by atoms with E-state index in [1.807, 2.05) is 17.5 Å². The quantitative estimate of drug-likeness (QED) is 0.656. The third kappa shape index (κ3) is 2.92. The van der Waals surface area contributed by atoms with Crippen molar-refractivity contribution in [2.45, 2.75) is 19.0 Å². The minimum absolute atomic E-state index is 0.108. The SMILES string of the molecule is CC1(c2ccc3c(c2)OCCO3)NC(=O)N(Cc2nc(-c3cccs3)no2)C1=O. The van der Waals surface area contributed by atoms with Crippen molar-refractivity contribution in [1.82, 2.24) is 20.4 Å². The van der Waals surface area contributed by atoms with Gasteiger partial charge in [-0.1, -0.05) is 17.3 Å². The standard InChI is InChI=1S/C19H16N4O5S/c1-19(11-4-5-12-13(9-11)27-7-6-26-12)17(24)23(18(25)21-19)10-15-20-16(22-28-15)14-3-2-8-29-14/h2-5,8-9H,6-7,10H2,1H3,(H,21,25). The number of fused-ring (bicyclic) bond motifs is 1. The van der Waals surface area contributed by atoms with Gasteiger partial charge in [0.1, 0.15) is 25.3 Å². The number of urea groups is 1. The number of hydrogen-bond acceptors (Lipinski definition) is 8. The van der Waals surface area contributed by atoms with E-state index in [9.17, 15) is 9.59 Å². The Balaban J connectivity index is 1.39. The number of thiophene rings is 1. The number of amides is 3. The van der Waals surface area contributed by atoms with E-state index in [4.69, 9.17) is 14.0 Å². The Labute approximate surface area is 169 Å². The Morgan fingerprint density at radius 1 is 1.21 bits per heavy atom. The summed E-state index contributed by atoms with van der Waals surface area (Å²) in [6, 6.07) is 8.43. The van der Waals surface area contributed by atoms with E-state index in [0.29, 0.717) is 36.1 Å². The van der Waals surface area contributed by atoms with E-state index in [0.717, 1.165) is 9.78 Å². The Hall–Kier alpha value is -3.40. The summed E-state index contributed by atoms with van der Waals surface area (Å²) in [5, 5.41) is 8.58. The van der Waals surface area contributed by atoms with Crippen LogP contribution in [0.2, 0.25) is 0 Å². The summed E-state index contributed by atoms with van der Waals surface area (Å²) in [6.07, 6.45) is 0. The summed E-state index contributed by atoms with van der Waals surface area (Å²) < 4.78 is 16.3. The van der Waals surface area contributed by atoms with Gasteiger partial charge in [-0.3, -0.25) is 9.69 Å². The number of carbonyl (C=O) groups is 2. The van der Waals surface area contributed by atoms with Crippen molar-refractivity contribution < 1.29 is 23.6 Å². The molecule has 9 nitrogen and oxygen atoms in total. The molecule has 0 aliphatic carbocycles. The smallest absolute Gasteiger partial charge is 0.325 e. The van der Waals surface area contributed by atoms with Crippen molar-refractivity contribution in [1.29, 1.82) is 0 Å². The molecule has 1 atom stereocenters. The van der Waals surface area contributed by atoms with Crippen LogP contribution in [-0.2, 0) is 16.9 Å². The predicted molar refractivity (Wildman–Crippen MR) is 101 cm³/mol. The Kier molecular flexibility index (Phi) is 4.02. The zero-order valence-corrected chi connectivity index (χ0v) is 16.2. The Bertz CT molecular complexity index is 1100. The van der Waals surface area contributed by atoms with Gasteiger partial charge < -0.3 is 19.3 Å². The first-order valence-corrected chi connectivity index (χ1v) is 9.83. The second-order valence-electron chi connectivity index (χ2n) is 6.79. The van der Waals surface area contributed by atoms with Crippen molar-refractivity contribution in [3.05, 3.63) is 47.2 Å². The average Bonchev–Trinajstić information content (AvgIpc) is 3.46. The fourth-order valence-electron chi connectivity index (χ4n) is 3.35. The molecule has 3 aromatic rings. The fourth-order valence-corrected chi connectivity index (χ4v) is 4.00. The molecular formula is C19H16N4O5S. The fraction of sp³-hybridized carbons (Fsp3) is 0.263. The second-order valence-corrected chi connectivity index (χ2v) is 7.74. The first-order chi connectivity index (χ1) is 14.0. The van der Waals surface area contributed by atoms with Crippen molar-refractivity contribution in [3.63, 3.8) is 0 Å². The lowest BCUT2D eigenvalue weighted by Gasteiger charge is -2.25. The normalized spacial score (nSPS) is 20.8. The molecule has 2 aromatic heterocycles. The second kappa shape index (κ2) is 6.59. The van der Waals surface area contributed by atoms with Gasteiger partial charge in [0, 0.05) is 0 Å². The van der Waals surface area contributed by atoms with Crippen LogP contribution in [0.3, 0.4) is 0 Å². The number of benzene rings is 1. The van der Waals surface area contributed by atoms with E-state index in [1.54, 1.807) is 25.1 Å². The molecule has 1 unspecified atom stereocenters. The average molecular weight is 412 g/mol. The number of carbonyl (C=O) groups excluding carboxylic acids is 2. The molecule has 2 aliphatic heterocycles. The van der Waals surface area contributed by atoms with Gasteiger partial charge in [0.25, 0.3) is 5.91 Å². The highest BCUT2D eigenvalue weighted by Crippen LogP contribution is 2.37. The monoisotopic (exact) mass is 412 g/mol. The van der Waals surface area contributed by atoms with Crippen LogP contribution >= 0.6 is 11.3 Å². The highest BCUT2D eigenvalue weighted by atomic mass is 32.1. The molecule has 1 saturated heterocycles. The van der Waals surface area contributed by atoms with Crippen LogP contribution in [0, 0.1) is 0 Å². The molecule has 4 heterocycles. The molecule has 1 N–H and O–H groups in total. The zero-order valence-electron chi connectivity index (χ0n) is 15.4. The van der Waals surface area contributed by atoms with Gasteiger partial charge in [0.2, 0.25) is 11.7 Å². The molecular weight excluding hydrogens is 396 g/mol. The van der Waals surface area contributed by atoms with Gasteiger partial charge in [-0.05, 0) is 36.1 Å². The first-order valence-electron chi connectivity index (χ1n) is 8.95. The van der Waals surface area contributed by atoms with E-state index < -0.39 is 17.5 Å². The van der Waals surface area contributed by atoms with Crippen molar-refractivity contribution >= 4 is 23.3 Å². The summed E-state index contributed by atoms with van der Waals surface area (Å²) in [6.45, 7) is 2.46. The maximum Gasteiger partial charge on any atom is 0.325 e. The predicted octanol–water partition coefficient (Wildman–Crippen LogP) is 2.54. The molecule has 10 heteroatoms. The van der Waals surface area contributed by atoms with Crippen LogP contribution in [-0.4, -0.2) is 40.2 Å². The molecule has 1 aromatic carbocycles. The van der Waals surface area contributed by atoms with Crippen molar-refractivity contribution in [2.24, 2.45) is 0 Å². The summed E-state index contributed by atoms with van der Waals surface area (Å²) >= 11 is 1.47. The van der Waals surface area contributed by atoms with Gasteiger partial charge in [-0.2, -0.15) is 4.98 Å². The maximum atomic E-state index is 13.1. The summed E-state index contributed by atoms with van der Waals surface area (Å²) in [5.74, 6) is 1.37. The zero-order chi connectivity index (χ0) is 20.0. The number of rotatable bonds is 4. The van der Waals surface area contributed by atoms with Gasteiger partial charge in [0.05, 0.1) is 4.88 Å². The maximum absolute atomic E-state index is 13.1. The molecule has 0 saturated carbocycles. The van der Waals surface area contributed by atoms with Crippen molar-refractivity contribution in [2.75, 3.05) is 13.2 Å². The molecule has 29 heavy (non-hydrogen) atoms. The van der Waals surface area contributed by atoms with Gasteiger partial charge >= 0.3 is 6.03 Å². The van der Waals surface area contributed by atoms with E-state index >= 15 is 0 Å². The molecule has 0 radical (unpaired) electrons. The van der Waals surface area contributed by atoms with Crippen LogP contribution in [0.25, 0.3) is 10.7 Å². The lowest BCUT2D eigenvalue weighted by molar-refractivity contribution is -0.131. The Morgan fingerprint density at radius 2 is 2.03 bits per heavy atom.